The molecule has 1 unspecified atom stereocenters. The summed E-state index contributed by atoms with van der Waals surface area (Å²) in [7, 11) is 0. The summed E-state index contributed by atoms with van der Waals surface area (Å²) >= 11 is 7.39. The molecule has 0 bridgehead atoms. The molecule has 0 spiro atoms. The Morgan fingerprint density at radius 3 is 2.80 bits per heavy atom. The molecule has 3 aromatic carbocycles. The molecule has 0 aliphatic carbocycles. The normalized spacial score (nSPS) is 17.4. The molecule has 3 heterocycles. The summed E-state index contributed by atoms with van der Waals surface area (Å²) in [5, 5.41) is 5.96. The molecule has 4 aromatic rings. The van der Waals surface area contributed by atoms with Crippen molar-refractivity contribution < 1.29 is 32.2 Å². The molecule has 2 aliphatic heterocycles. The molecule has 35 heavy (non-hydrogen) atoms. The number of fused-ring (bicyclic) bond motifs is 4. The first-order valence-corrected chi connectivity index (χ1v) is 11.3. The molecule has 0 radical (unpaired) electrons. The van der Waals surface area contributed by atoms with Gasteiger partial charge in [0.05, 0.1) is 22.0 Å². The van der Waals surface area contributed by atoms with E-state index >= 15 is 0 Å². The molecule has 0 saturated carbocycles. The Kier molecular flexibility index (Phi) is 4.70. The lowest BCUT2D eigenvalue weighted by Gasteiger charge is -2.18. The van der Waals surface area contributed by atoms with E-state index in [4.69, 9.17) is 11.6 Å². The highest BCUT2D eigenvalue weighted by atomic mass is 35.5. The van der Waals surface area contributed by atoms with Crippen molar-refractivity contribution in [3.05, 3.63) is 81.8 Å². The summed E-state index contributed by atoms with van der Waals surface area (Å²) in [4.78, 5) is 26.1. The van der Waals surface area contributed by atoms with E-state index in [0.29, 0.717) is 5.39 Å². The minimum atomic E-state index is -4.02. The first kappa shape index (κ1) is 21.7. The fraction of sp³-hybridized carbons (Fsp3) is 0.0870. The SMILES string of the molecule is O=C1NC(c2cc(F)ccc2Cl)c2c(NC(=O)c3nsc4ccccc34)cc3c(c21)OC(F)(F)O3. The molecule has 7 nitrogen and oxygen atoms in total. The number of nitrogens with one attached hydrogen (secondary N) is 2. The standard InChI is InChI=1S/C23H11ClF3N3O4S/c24-12-6-5-9(25)7-11(12)18-16-13(28-22(32)19-10-3-1-2-4-15(10)35-30-19)8-14-20(17(16)21(31)29-18)34-23(26,27)33-14/h1-8,18H,(H,28,32)(H,29,31). The molecular weight excluding hydrogens is 507 g/mol. The number of benzene rings is 3. The molecule has 1 atom stereocenters. The fourth-order valence-corrected chi connectivity index (χ4v) is 5.20. The van der Waals surface area contributed by atoms with Crippen LogP contribution in [-0.2, 0) is 0 Å². The lowest BCUT2D eigenvalue weighted by Crippen LogP contribution is -2.26. The van der Waals surface area contributed by atoms with E-state index in [1.165, 1.54) is 6.07 Å². The Morgan fingerprint density at radius 2 is 1.97 bits per heavy atom. The Hall–Kier alpha value is -3.83. The van der Waals surface area contributed by atoms with Gasteiger partial charge in [-0.05, 0) is 35.8 Å². The lowest BCUT2D eigenvalue weighted by molar-refractivity contribution is -0.286. The Bertz CT molecular complexity index is 1580. The molecule has 0 fully saturated rings. The van der Waals surface area contributed by atoms with Gasteiger partial charge >= 0.3 is 6.29 Å². The summed E-state index contributed by atoms with van der Waals surface area (Å²) in [5.41, 5.74) is 0.0589. The molecule has 0 saturated heterocycles. The average molecular weight is 518 g/mol. The van der Waals surface area contributed by atoms with Crippen molar-refractivity contribution in [2.75, 3.05) is 5.32 Å². The quantitative estimate of drug-likeness (QED) is 0.375. The smallest absolute Gasteiger partial charge is 0.395 e. The number of hydrogen-bond donors (Lipinski definition) is 2. The second kappa shape index (κ2) is 7.59. The molecular formula is C23H11ClF3N3O4S. The molecule has 12 heteroatoms. The van der Waals surface area contributed by atoms with E-state index in [2.05, 4.69) is 24.5 Å². The fourth-order valence-electron chi connectivity index (χ4n) is 4.20. The van der Waals surface area contributed by atoms with E-state index in [9.17, 15) is 22.8 Å². The highest BCUT2D eigenvalue weighted by Gasteiger charge is 2.49. The van der Waals surface area contributed by atoms with E-state index < -0.39 is 41.5 Å². The van der Waals surface area contributed by atoms with Gasteiger partial charge in [0.15, 0.2) is 11.5 Å². The van der Waals surface area contributed by atoms with E-state index in [0.717, 1.165) is 34.4 Å². The maximum absolute atomic E-state index is 14.0. The van der Waals surface area contributed by atoms with Gasteiger partial charge in [-0.25, -0.2) is 4.39 Å². The third-order valence-electron chi connectivity index (χ3n) is 5.64. The Balaban J connectivity index is 1.52. The highest BCUT2D eigenvalue weighted by Crippen LogP contribution is 2.52. The van der Waals surface area contributed by atoms with Crippen molar-refractivity contribution >= 4 is 50.7 Å². The number of carbonyl (C=O) groups is 2. The predicted octanol–water partition coefficient (Wildman–Crippen LogP) is 5.50. The summed E-state index contributed by atoms with van der Waals surface area (Å²) in [5.74, 6) is -2.97. The number of hydrogen-bond acceptors (Lipinski definition) is 6. The predicted molar refractivity (Wildman–Crippen MR) is 121 cm³/mol. The second-order valence-corrected chi connectivity index (χ2v) is 8.97. The van der Waals surface area contributed by atoms with Crippen LogP contribution in [-0.4, -0.2) is 22.5 Å². The van der Waals surface area contributed by atoms with Crippen LogP contribution in [0.4, 0.5) is 18.9 Å². The van der Waals surface area contributed by atoms with Crippen molar-refractivity contribution in [2.24, 2.45) is 0 Å². The topological polar surface area (TPSA) is 89.6 Å². The first-order chi connectivity index (χ1) is 16.7. The van der Waals surface area contributed by atoms with Crippen molar-refractivity contribution in [1.29, 1.82) is 0 Å². The van der Waals surface area contributed by atoms with Crippen LogP contribution >= 0.6 is 23.1 Å². The maximum atomic E-state index is 14.0. The zero-order valence-electron chi connectivity index (χ0n) is 17.2. The van der Waals surface area contributed by atoms with Crippen LogP contribution in [0.5, 0.6) is 11.5 Å². The minimum Gasteiger partial charge on any atom is -0.395 e. The van der Waals surface area contributed by atoms with Gasteiger partial charge in [-0.2, -0.15) is 4.37 Å². The van der Waals surface area contributed by atoms with Crippen molar-refractivity contribution in [1.82, 2.24) is 9.69 Å². The van der Waals surface area contributed by atoms with Crippen LogP contribution in [0.15, 0.2) is 48.5 Å². The van der Waals surface area contributed by atoms with Gasteiger partial charge in [0.1, 0.15) is 11.5 Å². The van der Waals surface area contributed by atoms with Crippen molar-refractivity contribution in [2.45, 2.75) is 12.3 Å². The van der Waals surface area contributed by atoms with Crippen molar-refractivity contribution in [3.63, 3.8) is 0 Å². The van der Waals surface area contributed by atoms with Gasteiger partial charge < -0.3 is 20.1 Å². The van der Waals surface area contributed by atoms with Crippen LogP contribution in [0, 0.1) is 5.82 Å². The zero-order chi connectivity index (χ0) is 24.5. The second-order valence-electron chi connectivity index (χ2n) is 7.76. The Morgan fingerprint density at radius 1 is 1.17 bits per heavy atom. The number of anilines is 1. The number of alkyl halides is 2. The average Bonchev–Trinajstić information content (AvgIpc) is 3.47. The number of ether oxygens (including phenoxy) is 2. The largest absolute Gasteiger partial charge is 0.586 e. The van der Waals surface area contributed by atoms with Gasteiger partial charge in [0, 0.05) is 27.6 Å². The minimum absolute atomic E-state index is 0.0224. The van der Waals surface area contributed by atoms with E-state index in [1.54, 1.807) is 24.3 Å². The molecule has 1 aromatic heterocycles. The number of halogens is 4. The monoisotopic (exact) mass is 517 g/mol. The van der Waals surface area contributed by atoms with Crippen LogP contribution < -0.4 is 20.1 Å². The lowest BCUT2D eigenvalue weighted by atomic mass is 9.95. The number of carbonyl (C=O) groups excluding carboxylic acids is 2. The molecule has 2 aliphatic rings. The molecule has 176 valence electrons. The molecule has 2 N–H and O–H groups in total. The van der Waals surface area contributed by atoms with Crippen LogP contribution in [0.3, 0.4) is 0 Å². The van der Waals surface area contributed by atoms with Gasteiger partial charge in [-0.15, -0.1) is 8.78 Å². The number of aromatic nitrogens is 1. The zero-order valence-corrected chi connectivity index (χ0v) is 18.8. The molecule has 6 rings (SSSR count). The van der Waals surface area contributed by atoms with Gasteiger partial charge in [0.2, 0.25) is 0 Å². The van der Waals surface area contributed by atoms with Crippen LogP contribution in [0.25, 0.3) is 10.1 Å². The van der Waals surface area contributed by atoms with E-state index in [-0.39, 0.29) is 33.1 Å². The van der Waals surface area contributed by atoms with Crippen LogP contribution in [0.1, 0.15) is 38.0 Å². The number of rotatable bonds is 3. The summed E-state index contributed by atoms with van der Waals surface area (Å²) in [6.07, 6.45) is -4.02. The molecule has 2 amide bonds. The van der Waals surface area contributed by atoms with Crippen molar-refractivity contribution in [3.8, 4) is 11.5 Å². The summed E-state index contributed by atoms with van der Waals surface area (Å²) in [6.45, 7) is 0. The Labute approximate surface area is 203 Å². The van der Waals surface area contributed by atoms with Gasteiger partial charge in [0.25, 0.3) is 11.8 Å². The summed E-state index contributed by atoms with van der Waals surface area (Å²) in [6, 6.07) is 10.7. The van der Waals surface area contributed by atoms with Crippen LogP contribution in [0.2, 0.25) is 5.02 Å². The third-order valence-corrected chi connectivity index (χ3v) is 6.81. The van der Waals surface area contributed by atoms with Gasteiger partial charge in [-0.3, -0.25) is 9.59 Å². The number of nitrogens with zero attached hydrogens (tertiary/aromatic N) is 1. The number of amides is 2. The van der Waals surface area contributed by atoms with E-state index in [1.807, 2.05) is 0 Å². The first-order valence-electron chi connectivity index (χ1n) is 10.1. The summed E-state index contributed by atoms with van der Waals surface area (Å²) < 4.78 is 56.0. The third kappa shape index (κ3) is 3.46. The van der Waals surface area contributed by atoms with Gasteiger partial charge in [-0.1, -0.05) is 29.8 Å². The maximum Gasteiger partial charge on any atom is 0.586 e. The highest BCUT2D eigenvalue weighted by molar-refractivity contribution is 7.13.